The van der Waals surface area contributed by atoms with Gasteiger partial charge in [0.1, 0.15) is 0 Å². The summed E-state index contributed by atoms with van der Waals surface area (Å²) in [5.74, 6) is 0. The molecule has 20 heavy (non-hydrogen) atoms. The molecule has 0 bridgehead atoms. The molecule has 0 radical (unpaired) electrons. The van der Waals surface area contributed by atoms with Crippen molar-refractivity contribution >= 4 is 28.7 Å². The van der Waals surface area contributed by atoms with E-state index >= 15 is 0 Å². The van der Waals surface area contributed by atoms with Gasteiger partial charge in [0.2, 0.25) is 0 Å². The molecule has 0 amide bonds. The van der Waals surface area contributed by atoms with E-state index < -0.39 is 0 Å². The lowest BCUT2D eigenvalue weighted by atomic mass is 10.1. The fourth-order valence-corrected chi connectivity index (χ4v) is 2.20. The molecule has 2 aromatic carbocycles. The van der Waals surface area contributed by atoms with Crippen LogP contribution in [0.2, 0.25) is 0 Å². The predicted octanol–water partition coefficient (Wildman–Crippen LogP) is 4.73. The first-order chi connectivity index (χ1) is 9.45. The average molecular weight is 284 g/mol. The van der Waals surface area contributed by atoms with Crippen LogP contribution in [0.4, 0.5) is 11.4 Å². The largest absolute Gasteiger partial charge is 0.332 e. The van der Waals surface area contributed by atoms with Crippen LogP contribution in [-0.2, 0) is 0 Å². The van der Waals surface area contributed by atoms with Crippen LogP contribution in [0.1, 0.15) is 22.3 Å². The van der Waals surface area contributed by atoms with Crippen LogP contribution in [0.3, 0.4) is 0 Å². The van der Waals surface area contributed by atoms with E-state index in [0.29, 0.717) is 5.11 Å². The van der Waals surface area contributed by atoms with E-state index in [0.717, 1.165) is 11.4 Å². The van der Waals surface area contributed by atoms with Gasteiger partial charge in [-0.05, 0) is 80.4 Å². The third-order valence-electron chi connectivity index (χ3n) is 3.41. The molecule has 3 heteroatoms. The smallest absolute Gasteiger partial charge is 0.175 e. The zero-order chi connectivity index (χ0) is 14.7. The average Bonchev–Trinajstić information content (AvgIpc) is 2.38. The molecule has 2 nitrogen and oxygen atoms in total. The molecule has 104 valence electrons. The van der Waals surface area contributed by atoms with Crippen LogP contribution < -0.4 is 10.6 Å². The molecule has 0 saturated carbocycles. The maximum Gasteiger partial charge on any atom is 0.175 e. The summed E-state index contributed by atoms with van der Waals surface area (Å²) >= 11 is 5.37. The van der Waals surface area contributed by atoms with Crippen molar-refractivity contribution in [3.05, 3.63) is 58.7 Å². The van der Waals surface area contributed by atoms with Crippen molar-refractivity contribution in [3.63, 3.8) is 0 Å². The maximum absolute atomic E-state index is 5.37. The molecule has 0 unspecified atom stereocenters. The van der Waals surface area contributed by atoms with Gasteiger partial charge in [-0.2, -0.15) is 0 Å². The number of nitrogens with one attached hydrogen (secondary N) is 2. The second-order valence-electron chi connectivity index (χ2n) is 5.20. The summed E-state index contributed by atoms with van der Waals surface area (Å²) in [6, 6.07) is 12.5. The number of hydrogen-bond acceptors (Lipinski definition) is 1. The topological polar surface area (TPSA) is 24.1 Å². The van der Waals surface area contributed by atoms with E-state index in [1.165, 1.54) is 22.3 Å². The van der Waals surface area contributed by atoms with Crippen LogP contribution in [-0.4, -0.2) is 5.11 Å². The molecule has 0 aliphatic heterocycles. The van der Waals surface area contributed by atoms with E-state index in [1.54, 1.807) is 0 Å². The van der Waals surface area contributed by atoms with E-state index in [-0.39, 0.29) is 0 Å². The van der Waals surface area contributed by atoms with Gasteiger partial charge in [-0.1, -0.05) is 18.2 Å². The lowest BCUT2D eigenvalue weighted by Gasteiger charge is -2.14. The first-order valence-corrected chi connectivity index (χ1v) is 7.09. The van der Waals surface area contributed by atoms with Gasteiger partial charge in [-0.3, -0.25) is 0 Å². The van der Waals surface area contributed by atoms with Gasteiger partial charge in [0, 0.05) is 11.4 Å². The molecule has 0 atom stereocenters. The monoisotopic (exact) mass is 284 g/mol. The predicted molar refractivity (Wildman–Crippen MR) is 91.7 cm³/mol. The number of anilines is 2. The van der Waals surface area contributed by atoms with Gasteiger partial charge in [-0.15, -0.1) is 0 Å². The van der Waals surface area contributed by atoms with Crippen molar-refractivity contribution in [2.45, 2.75) is 27.7 Å². The van der Waals surface area contributed by atoms with Crippen molar-refractivity contribution in [1.82, 2.24) is 0 Å². The molecule has 0 aliphatic carbocycles. The lowest BCUT2D eigenvalue weighted by Crippen LogP contribution is -2.19. The molecule has 2 N–H and O–H groups in total. The van der Waals surface area contributed by atoms with E-state index in [4.69, 9.17) is 12.2 Å². The van der Waals surface area contributed by atoms with Crippen molar-refractivity contribution in [2.75, 3.05) is 10.6 Å². The fourth-order valence-electron chi connectivity index (χ4n) is 1.97. The van der Waals surface area contributed by atoms with Crippen LogP contribution in [0, 0.1) is 27.7 Å². The third kappa shape index (κ3) is 3.58. The first-order valence-electron chi connectivity index (χ1n) is 6.68. The summed E-state index contributed by atoms with van der Waals surface area (Å²) in [6.45, 7) is 8.35. The minimum absolute atomic E-state index is 0.613. The number of benzene rings is 2. The van der Waals surface area contributed by atoms with Crippen molar-refractivity contribution in [3.8, 4) is 0 Å². The number of hydrogen-bond donors (Lipinski definition) is 2. The quantitative estimate of drug-likeness (QED) is 0.780. The Balaban J connectivity index is 2.09. The van der Waals surface area contributed by atoms with E-state index in [2.05, 4.69) is 68.7 Å². The van der Waals surface area contributed by atoms with E-state index in [9.17, 15) is 0 Å². The minimum Gasteiger partial charge on any atom is -0.332 e. The summed E-state index contributed by atoms with van der Waals surface area (Å²) in [7, 11) is 0. The highest BCUT2D eigenvalue weighted by atomic mass is 32.1. The Morgan fingerprint density at radius 1 is 0.800 bits per heavy atom. The second-order valence-corrected chi connectivity index (χ2v) is 5.60. The molecule has 2 aromatic rings. The van der Waals surface area contributed by atoms with Gasteiger partial charge in [-0.25, -0.2) is 0 Å². The van der Waals surface area contributed by atoms with Crippen molar-refractivity contribution < 1.29 is 0 Å². The summed E-state index contributed by atoms with van der Waals surface area (Å²) in [5, 5.41) is 7.09. The third-order valence-corrected chi connectivity index (χ3v) is 3.61. The minimum atomic E-state index is 0.613. The Morgan fingerprint density at radius 2 is 1.50 bits per heavy atom. The molecular weight excluding hydrogens is 264 g/mol. The zero-order valence-corrected chi connectivity index (χ0v) is 13.2. The Morgan fingerprint density at radius 3 is 2.20 bits per heavy atom. The summed E-state index contributed by atoms with van der Waals surface area (Å²) in [5.41, 5.74) is 6.99. The molecule has 0 saturated heterocycles. The van der Waals surface area contributed by atoms with Crippen molar-refractivity contribution in [1.29, 1.82) is 0 Å². The molecular formula is C17H20N2S. The summed E-state index contributed by atoms with van der Waals surface area (Å²) < 4.78 is 0. The molecule has 0 spiro atoms. The van der Waals surface area contributed by atoms with Crippen LogP contribution in [0.25, 0.3) is 0 Å². The number of aryl methyl sites for hydroxylation is 4. The Hall–Kier alpha value is -1.87. The molecule has 0 aliphatic rings. The standard InChI is InChI=1S/C17H20N2S/c1-11-5-6-13(3)16(9-11)19-17(20)18-15-8-7-12(2)14(4)10-15/h5-10H,1-4H3,(H2,18,19,20). The highest BCUT2D eigenvalue weighted by Gasteiger charge is 2.03. The van der Waals surface area contributed by atoms with Crippen LogP contribution >= 0.6 is 12.2 Å². The molecule has 2 rings (SSSR count). The fraction of sp³-hybridized carbons (Fsp3) is 0.235. The van der Waals surface area contributed by atoms with E-state index in [1.807, 2.05) is 6.07 Å². The number of rotatable bonds is 2. The SMILES string of the molecule is Cc1ccc(C)c(NC(=S)Nc2ccc(C)c(C)c2)c1. The maximum atomic E-state index is 5.37. The van der Waals surface area contributed by atoms with Gasteiger partial charge >= 0.3 is 0 Å². The highest BCUT2D eigenvalue weighted by molar-refractivity contribution is 7.80. The zero-order valence-electron chi connectivity index (χ0n) is 12.4. The Bertz CT molecular complexity index is 647. The van der Waals surface area contributed by atoms with Gasteiger partial charge in [0.15, 0.2) is 5.11 Å². The van der Waals surface area contributed by atoms with Crippen molar-refractivity contribution in [2.24, 2.45) is 0 Å². The Kier molecular flexibility index (Phi) is 4.40. The van der Waals surface area contributed by atoms with Gasteiger partial charge in [0.25, 0.3) is 0 Å². The second kappa shape index (κ2) is 6.06. The highest BCUT2D eigenvalue weighted by Crippen LogP contribution is 2.18. The van der Waals surface area contributed by atoms with Crippen LogP contribution in [0.5, 0.6) is 0 Å². The Labute approximate surface area is 126 Å². The molecule has 0 heterocycles. The molecule has 0 aromatic heterocycles. The lowest BCUT2D eigenvalue weighted by molar-refractivity contribution is 1.34. The summed E-state index contributed by atoms with van der Waals surface area (Å²) in [6.07, 6.45) is 0. The van der Waals surface area contributed by atoms with Crippen LogP contribution in [0.15, 0.2) is 36.4 Å². The normalized spacial score (nSPS) is 10.2. The molecule has 0 fully saturated rings. The first kappa shape index (κ1) is 14.5. The number of thiocarbonyl (C=S) groups is 1. The summed E-state index contributed by atoms with van der Waals surface area (Å²) in [4.78, 5) is 0. The van der Waals surface area contributed by atoms with Gasteiger partial charge < -0.3 is 10.6 Å². The van der Waals surface area contributed by atoms with Gasteiger partial charge in [0.05, 0.1) is 0 Å².